The fraction of sp³-hybridized carbons (Fsp3) is 0.800. The first-order valence-corrected chi connectivity index (χ1v) is 5.70. The summed E-state index contributed by atoms with van der Waals surface area (Å²) in [4.78, 5) is 23.2. The highest BCUT2D eigenvalue weighted by molar-refractivity contribution is 5.96. The molecule has 2 atom stereocenters. The van der Waals surface area contributed by atoms with Crippen LogP contribution < -0.4 is 22.1 Å². The van der Waals surface area contributed by atoms with Gasteiger partial charge in [0.2, 0.25) is 11.8 Å². The van der Waals surface area contributed by atoms with Gasteiger partial charge >= 0.3 is 0 Å². The van der Waals surface area contributed by atoms with Crippen molar-refractivity contribution in [1.82, 2.24) is 10.6 Å². The third-order valence-electron chi connectivity index (χ3n) is 2.66. The molecule has 0 saturated carbocycles. The van der Waals surface area contributed by atoms with Gasteiger partial charge < -0.3 is 22.1 Å². The molecular weight excluding hydrogens is 208 g/mol. The summed E-state index contributed by atoms with van der Waals surface area (Å²) < 4.78 is 0. The molecule has 6 heteroatoms. The second-order valence-corrected chi connectivity index (χ2v) is 3.98. The zero-order valence-electron chi connectivity index (χ0n) is 9.37. The molecule has 0 unspecified atom stereocenters. The third kappa shape index (κ3) is 3.46. The van der Waals surface area contributed by atoms with Crippen molar-refractivity contribution < 1.29 is 9.59 Å². The standard InChI is InChI=1S/C10H20N4O2/c11-5-1-3-7-9(15)14-8(4-2-6-12)10(16)13-7/h7-8H,1-6,11-12H2,(H,13,16)(H,14,15)/t7-,8-/m1/s1. The Morgan fingerprint density at radius 1 is 0.875 bits per heavy atom. The largest absolute Gasteiger partial charge is 0.343 e. The van der Waals surface area contributed by atoms with Crippen LogP contribution in [0, 0.1) is 0 Å². The van der Waals surface area contributed by atoms with Crippen molar-refractivity contribution >= 4 is 11.8 Å². The van der Waals surface area contributed by atoms with Crippen LogP contribution in [0.2, 0.25) is 0 Å². The molecule has 0 aromatic heterocycles. The van der Waals surface area contributed by atoms with E-state index in [1.807, 2.05) is 0 Å². The van der Waals surface area contributed by atoms with E-state index in [4.69, 9.17) is 11.5 Å². The zero-order valence-corrected chi connectivity index (χ0v) is 9.37. The summed E-state index contributed by atoms with van der Waals surface area (Å²) in [6, 6.07) is -0.852. The smallest absolute Gasteiger partial charge is 0.243 e. The van der Waals surface area contributed by atoms with Crippen molar-refractivity contribution in [2.24, 2.45) is 11.5 Å². The second-order valence-electron chi connectivity index (χ2n) is 3.98. The monoisotopic (exact) mass is 228 g/mol. The number of amides is 2. The van der Waals surface area contributed by atoms with Crippen LogP contribution in [-0.4, -0.2) is 37.0 Å². The van der Waals surface area contributed by atoms with Crippen LogP contribution in [0.4, 0.5) is 0 Å². The number of nitrogens with two attached hydrogens (primary N) is 2. The number of rotatable bonds is 6. The highest BCUT2D eigenvalue weighted by Gasteiger charge is 2.32. The van der Waals surface area contributed by atoms with E-state index < -0.39 is 12.1 Å². The van der Waals surface area contributed by atoms with Gasteiger partial charge in [0.1, 0.15) is 12.1 Å². The molecule has 0 aromatic carbocycles. The number of hydrogen-bond donors (Lipinski definition) is 4. The van der Waals surface area contributed by atoms with Crippen LogP contribution >= 0.6 is 0 Å². The van der Waals surface area contributed by atoms with Crippen molar-refractivity contribution in [2.75, 3.05) is 13.1 Å². The molecule has 92 valence electrons. The lowest BCUT2D eigenvalue weighted by Gasteiger charge is -2.29. The number of piperazine rings is 1. The Bertz CT molecular complexity index is 231. The number of nitrogens with one attached hydrogen (secondary N) is 2. The minimum Gasteiger partial charge on any atom is -0.343 e. The van der Waals surface area contributed by atoms with Crippen molar-refractivity contribution in [3.63, 3.8) is 0 Å². The third-order valence-corrected chi connectivity index (χ3v) is 2.66. The quantitative estimate of drug-likeness (QED) is 0.441. The lowest BCUT2D eigenvalue weighted by Crippen LogP contribution is -2.61. The minimum absolute atomic E-state index is 0.116. The lowest BCUT2D eigenvalue weighted by molar-refractivity contribution is -0.137. The lowest BCUT2D eigenvalue weighted by atomic mass is 10.0. The maximum absolute atomic E-state index is 11.6. The fourth-order valence-electron chi connectivity index (χ4n) is 1.73. The van der Waals surface area contributed by atoms with Gasteiger partial charge in [0.25, 0.3) is 0 Å². The van der Waals surface area contributed by atoms with E-state index in [9.17, 15) is 9.59 Å². The van der Waals surface area contributed by atoms with Crippen LogP contribution in [-0.2, 0) is 9.59 Å². The van der Waals surface area contributed by atoms with E-state index in [1.54, 1.807) is 0 Å². The van der Waals surface area contributed by atoms with Gasteiger partial charge in [0, 0.05) is 0 Å². The summed E-state index contributed by atoms with van der Waals surface area (Å²) in [6.45, 7) is 1.05. The van der Waals surface area contributed by atoms with Gasteiger partial charge in [-0.3, -0.25) is 9.59 Å². The van der Waals surface area contributed by atoms with E-state index in [2.05, 4.69) is 10.6 Å². The Balaban J connectivity index is 2.43. The summed E-state index contributed by atoms with van der Waals surface area (Å²) in [5.41, 5.74) is 10.7. The van der Waals surface area contributed by atoms with Gasteiger partial charge in [-0.05, 0) is 38.8 Å². The Morgan fingerprint density at radius 2 is 1.25 bits per heavy atom. The topological polar surface area (TPSA) is 110 Å². The molecule has 16 heavy (non-hydrogen) atoms. The molecule has 0 aliphatic carbocycles. The molecule has 0 bridgehead atoms. The zero-order chi connectivity index (χ0) is 12.0. The van der Waals surface area contributed by atoms with E-state index in [0.29, 0.717) is 25.9 Å². The molecule has 1 fully saturated rings. The summed E-state index contributed by atoms with van der Waals surface area (Å²) in [5.74, 6) is -0.231. The first-order chi connectivity index (χ1) is 7.69. The Hall–Kier alpha value is -1.14. The number of carbonyl (C=O) groups excluding carboxylic acids is 2. The second kappa shape index (κ2) is 6.44. The molecule has 2 amide bonds. The first-order valence-electron chi connectivity index (χ1n) is 5.70. The number of hydrogen-bond acceptors (Lipinski definition) is 4. The van der Waals surface area contributed by atoms with E-state index in [0.717, 1.165) is 12.8 Å². The number of carbonyl (C=O) groups is 2. The van der Waals surface area contributed by atoms with Gasteiger partial charge in [0.05, 0.1) is 0 Å². The van der Waals surface area contributed by atoms with Crippen LogP contribution in [0.15, 0.2) is 0 Å². The molecule has 1 saturated heterocycles. The van der Waals surface area contributed by atoms with Gasteiger partial charge in [-0.1, -0.05) is 0 Å². The molecule has 1 heterocycles. The average molecular weight is 228 g/mol. The summed E-state index contributed by atoms with van der Waals surface area (Å²) >= 11 is 0. The van der Waals surface area contributed by atoms with Gasteiger partial charge in [-0.25, -0.2) is 0 Å². The Labute approximate surface area is 95.1 Å². The Kier molecular flexibility index (Phi) is 5.21. The van der Waals surface area contributed by atoms with E-state index in [1.165, 1.54) is 0 Å². The van der Waals surface area contributed by atoms with Gasteiger partial charge in [-0.15, -0.1) is 0 Å². The van der Waals surface area contributed by atoms with E-state index >= 15 is 0 Å². The van der Waals surface area contributed by atoms with Crippen LogP contribution in [0.3, 0.4) is 0 Å². The van der Waals surface area contributed by atoms with Crippen molar-refractivity contribution in [2.45, 2.75) is 37.8 Å². The normalized spacial score (nSPS) is 25.1. The molecule has 1 rings (SSSR count). The first kappa shape index (κ1) is 12.9. The maximum Gasteiger partial charge on any atom is 0.243 e. The van der Waals surface area contributed by atoms with Crippen molar-refractivity contribution in [3.8, 4) is 0 Å². The summed E-state index contributed by atoms with van der Waals surface area (Å²) in [7, 11) is 0. The van der Waals surface area contributed by atoms with Gasteiger partial charge in [0.15, 0.2) is 0 Å². The summed E-state index contributed by atoms with van der Waals surface area (Å²) in [5, 5.41) is 5.43. The summed E-state index contributed by atoms with van der Waals surface area (Å²) in [6.07, 6.45) is 2.65. The molecule has 0 aromatic rings. The predicted octanol–water partition coefficient (Wildman–Crippen LogP) is -1.55. The fourth-order valence-corrected chi connectivity index (χ4v) is 1.73. The molecule has 6 nitrogen and oxygen atoms in total. The highest BCUT2D eigenvalue weighted by atomic mass is 16.2. The van der Waals surface area contributed by atoms with Gasteiger partial charge in [-0.2, -0.15) is 0 Å². The molecule has 0 radical (unpaired) electrons. The molecular formula is C10H20N4O2. The Morgan fingerprint density at radius 3 is 1.56 bits per heavy atom. The molecule has 1 aliphatic rings. The highest BCUT2D eigenvalue weighted by Crippen LogP contribution is 2.07. The molecule has 6 N–H and O–H groups in total. The molecule has 1 aliphatic heterocycles. The predicted molar refractivity (Wildman–Crippen MR) is 60.4 cm³/mol. The SMILES string of the molecule is NCCC[C@H]1NC(=O)[C@@H](CCCN)NC1=O. The van der Waals surface area contributed by atoms with Crippen LogP contribution in [0.25, 0.3) is 0 Å². The minimum atomic E-state index is -0.426. The average Bonchev–Trinajstić information content (AvgIpc) is 2.28. The maximum atomic E-state index is 11.6. The van der Waals surface area contributed by atoms with Crippen molar-refractivity contribution in [3.05, 3.63) is 0 Å². The van der Waals surface area contributed by atoms with Crippen LogP contribution in [0.1, 0.15) is 25.7 Å². The van der Waals surface area contributed by atoms with E-state index in [-0.39, 0.29) is 11.8 Å². The molecule has 0 spiro atoms. The van der Waals surface area contributed by atoms with Crippen LogP contribution in [0.5, 0.6) is 0 Å². The van der Waals surface area contributed by atoms with Crippen molar-refractivity contribution in [1.29, 1.82) is 0 Å².